The molecule has 1 aromatic heterocycles. The van der Waals surface area contributed by atoms with Crippen LogP contribution in [0.2, 0.25) is 0 Å². The number of aromatic amines is 1. The second-order valence-corrected chi connectivity index (χ2v) is 9.86. The number of para-hydroxylation sites is 2. The Balaban J connectivity index is 1.20. The van der Waals surface area contributed by atoms with E-state index in [0.29, 0.717) is 25.3 Å². The fourth-order valence-electron chi connectivity index (χ4n) is 5.32. The van der Waals surface area contributed by atoms with Crippen LogP contribution in [-0.4, -0.2) is 40.5 Å². The first-order valence-corrected chi connectivity index (χ1v) is 13.2. The Morgan fingerprint density at radius 1 is 1.05 bits per heavy atom. The van der Waals surface area contributed by atoms with Gasteiger partial charge in [0.25, 0.3) is 5.91 Å². The topological polar surface area (TPSA) is 96.5 Å². The zero-order valence-corrected chi connectivity index (χ0v) is 21.2. The lowest BCUT2D eigenvalue weighted by Crippen LogP contribution is -2.33. The lowest BCUT2D eigenvalue weighted by molar-refractivity contribution is -0.146. The van der Waals surface area contributed by atoms with Crippen molar-refractivity contribution in [1.29, 1.82) is 0 Å². The van der Waals surface area contributed by atoms with E-state index in [9.17, 15) is 4.79 Å². The molecule has 7 nitrogen and oxygen atoms in total. The van der Waals surface area contributed by atoms with Gasteiger partial charge < -0.3 is 24.9 Å². The molecular weight excluding hydrogens is 478 g/mol. The number of amides is 1. The highest BCUT2D eigenvalue weighted by atomic mass is 16.7. The van der Waals surface area contributed by atoms with Gasteiger partial charge in [-0.1, -0.05) is 54.6 Å². The molecule has 0 spiro atoms. The Morgan fingerprint density at radius 3 is 2.79 bits per heavy atom. The Labute approximate surface area is 221 Å². The molecule has 2 heterocycles. The minimum absolute atomic E-state index is 0.0208. The van der Waals surface area contributed by atoms with E-state index in [0.717, 1.165) is 29.4 Å². The number of ether oxygens (including phenoxy) is 2. The third kappa shape index (κ3) is 5.08. The summed E-state index contributed by atoms with van der Waals surface area (Å²) in [7, 11) is 0. The zero-order valence-electron chi connectivity index (χ0n) is 21.2. The molecule has 7 heteroatoms. The predicted octanol–water partition coefficient (Wildman–Crippen LogP) is 4.95. The number of aliphatic hydroxyl groups excluding tert-OH is 1. The van der Waals surface area contributed by atoms with E-state index in [-0.39, 0.29) is 30.7 Å². The molecule has 2 atom stereocenters. The number of hydrogen-bond acceptors (Lipinski definition) is 5. The number of imidazole rings is 1. The molecule has 0 unspecified atom stereocenters. The average Bonchev–Trinajstić information content (AvgIpc) is 3.54. The van der Waals surface area contributed by atoms with Gasteiger partial charge in [0.2, 0.25) is 6.29 Å². The molecule has 0 radical (unpaired) electrons. The van der Waals surface area contributed by atoms with Crippen LogP contribution in [0.1, 0.15) is 47.7 Å². The molecule has 4 aromatic rings. The second kappa shape index (κ2) is 10.8. The summed E-state index contributed by atoms with van der Waals surface area (Å²) in [6.07, 6.45) is 4.30. The largest absolute Gasteiger partial charge is 0.459 e. The van der Waals surface area contributed by atoms with Crippen molar-refractivity contribution >= 4 is 16.9 Å². The number of unbranched alkanes of at least 4 members (excludes halogenated alkanes) is 1. The zero-order chi connectivity index (χ0) is 25.9. The second-order valence-electron chi connectivity index (χ2n) is 9.86. The monoisotopic (exact) mass is 509 g/mol. The normalized spacial score (nSPS) is 18.0. The lowest BCUT2D eigenvalue weighted by Gasteiger charge is -2.29. The summed E-state index contributed by atoms with van der Waals surface area (Å²) in [4.78, 5) is 21.0. The number of fused-ring (bicyclic) bond motifs is 4. The van der Waals surface area contributed by atoms with Gasteiger partial charge in [-0.2, -0.15) is 0 Å². The highest BCUT2D eigenvalue weighted by molar-refractivity contribution is 5.91. The fraction of sp³-hybridized carbons (Fsp3) is 0.290. The Bertz CT molecular complexity index is 1460. The van der Waals surface area contributed by atoms with Crippen molar-refractivity contribution in [1.82, 2.24) is 15.3 Å². The third-order valence-electron chi connectivity index (χ3n) is 7.24. The van der Waals surface area contributed by atoms with Crippen molar-refractivity contribution in [2.24, 2.45) is 0 Å². The summed E-state index contributed by atoms with van der Waals surface area (Å²) in [6, 6.07) is 22.9. The first-order chi connectivity index (χ1) is 18.7. The molecule has 0 saturated carbocycles. The van der Waals surface area contributed by atoms with Gasteiger partial charge in [0, 0.05) is 18.9 Å². The van der Waals surface area contributed by atoms with Gasteiger partial charge in [-0.15, -0.1) is 0 Å². The molecule has 1 aliphatic heterocycles. The molecule has 1 aliphatic carbocycles. The molecule has 0 fully saturated rings. The number of hydrogen-bond donors (Lipinski definition) is 3. The average molecular weight is 510 g/mol. The minimum Gasteiger partial charge on any atom is -0.459 e. The van der Waals surface area contributed by atoms with Crippen molar-refractivity contribution < 1.29 is 19.4 Å². The van der Waals surface area contributed by atoms with Gasteiger partial charge in [0.1, 0.15) is 5.82 Å². The standard InChI is InChI=1S/C31H31N3O4/c35-13-5-6-14-37-30-18-22(20-11-12-25-23(15-20)16-21-7-1-2-8-24(21)25)17-28(38-30)31(36)32-19-29-33-26-9-3-4-10-27(26)34-29/h1-4,7-12,15,17,22,30,35H,5-6,13-14,16,18-19H2,(H,32,36)(H,33,34)/t22-,30+/m1/s1. The van der Waals surface area contributed by atoms with Crippen LogP contribution in [0.25, 0.3) is 22.2 Å². The van der Waals surface area contributed by atoms with E-state index in [1.807, 2.05) is 30.3 Å². The van der Waals surface area contributed by atoms with Crippen molar-refractivity contribution in [2.75, 3.05) is 13.2 Å². The Kier molecular flexibility index (Phi) is 6.94. The summed E-state index contributed by atoms with van der Waals surface area (Å²) in [6.45, 7) is 0.855. The number of carbonyl (C=O) groups is 1. The van der Waals surface area contributed by atoms with Crippen LogP contribution in [0.3, 0.4) is 0 Å². The van der Waals surface area contributed by atoms with E-state index < -0.39 is 6.29 Å². The van der Waals surface area contributed by atoms with Crippen molar-refractivity contribution in [3.8, 4) is 11.1 Å². The van der Waals surface area contributed by atoms with Gasteiger partial charge in [-0.25, -0.2) is 4.98 Å². The number of nitrogens with one attached hydrogen (secondary N) is 2. The van der Waals surface area contributed by atoms with Crippen molar-refractivity contribution in [3.63, 3.8) is 0 Å². The quantitative estimate of drug-likeness (QED) is 0.244. The van der Waals surface area contributed by atoms with Gasteiger partial charge in [-0.05, 0) is 65.3 Å². The van der Waals surface area contributed by atoms with Crippen LogP contribution in [-0.2, 0) is 27.2 Å². The van der Waals surface area contributed by atoms with Crippen LogP contribution < -0.4 is 5.32 Å². The first-order valence-electron chi connectivity index (χ1n) is 13.2. The Morgan fingerprint density at radius 2 is 1.89 bits per heavy atom. The van der Waals surface area contributed by atoms with E-state index in [1.54, 1.807) is 0 Å². The van der Waals surface area contributed by atoms with Crippen LogP contribution >= 0.6 is 0 Å². The molecular formula is C31H31N3O4. The lowest BCUT2D eigenvalue weighted by atomic mass is 9.90. The molecule has 38 heavy (non-hydrogen) atoms. The summed E-state index contributed by atoms with van der Waals surface area (Å²) in [5, 5.41) is 12.0. The highest BCUT2D eigenvalue weighted by Crippen LogP contribution is 2.39. The molecule has 0 saturated heterocycles. The van der Waals surface area contributed by atoms with Crippen LogP contribution in [0.4, 0.5) is 0 Å². The Hall–Kier alpha value is -3.94. The van der Waals surface area contributed by atoms with E-state index in [1.165, 1.54) is 22.3 Å². The van der Waals surface area contributed by atoms with E-state index in [2.05, 4.69) is 57.7 Å². The molecule has 3 aromatic carbocycles. The maximum Gasteiger partial charge on any atom is 0.286 e. The summed E-state index contributed by atoms with van der Waals surface area (Å²) in [5.41, 5.74) is 8.16. The maximum atomic E-state index is 13.2. The number of nitrogens with zero attached hydrogens (tertiary/aromatic N) is 1. The molecule has 2 aliphatic rings. The van der Waals surface area contributed by atoms with E-state index >= 15 is 0 Å². The molecule has 1 amide bonds. The molecule has 0 bridgehead atoms. The summed E-state index contributed by atoms with van der Waals surface area (Å²) in [5.74, 6) is 0.621. The predicted molar refractivity (Wildman–Crippen MR) is 145 cm³/mol. The molecule has 3 N–H and O–H groups in total. The molecule has 194 valence electrons. The van der Waals surface area contributed by atoms with Gasteiger partial charge >= 0.3 is 0 Å². The number of aliphatic hydroxyl groups is 1. The number of aromatic nitrogens is 2. The van der Waals surface area contributed by atoms with Crippen LogP contribution in [0.5, 0.6) is 0 Å². The number of carbonyl (C=O) groups excluding carboxylic acids is 1. The van der Waals surface area contributed by atoms with E-state index in [4.69, 9.17) is 14.6 Å². The number of allylic oxidation sites excluding steroid dienone is 1. The molecule has 6 rings (SSSR count). The van der Waals surface area contributed by atoms with Crippen LogP contribution in [0.15, 0.2) is 78.6 Å². The smallest absolute Gasteiger partial charge is 0.286 e. The number of benzene rings is 3. The van der Waals surface area contributed by atoms with Gasteiger partial charge in [0.05, 0.1) is 24.2 Å². The third-order valence-corrected chi connectivity index (χ3v) is 7.24. The van der Waals surface area contributed by atoms with Crippen LogP contribution in [0, 0.1) is 0 Å². The fourth-order valence-corrected chi connectivity index (χ4v) is 5.32. The minimum atomic E-state index is -0.541. The van der Waals surface area contributed by atoms with Gasteiger partial charge in [0.15, 0.2) is 5.76 Å². The van der Waals surface area contributed by atoms with Gasteiger partial charge in [-0.3, -0.25) is 4.79 Å². The highest BCUT2D eigenvalue weighted by Gasteiger charge is 2.30. The SMILES string of the molecule is O=C(NCc1nc2ccccc2[nH]1)C1=C[C@@H](c2ccc3c(c2)Cc2ccccc2-3)C[C@@H](OCCCCO)O1. The number of rotatable bonds is 9. The summed E-state index contributed by atoms with van der Waals surface area (Å²) < 4.78 is 12.0. The maximum absolute atomic E-state index is 13.2. The summed E-state index contributed by atoms with van der Waals surface area (Å²) >= 11 is 0. The first kappa shape index (κ1) is 24.4. The van der Waals surface area contributed by atoms with Crippen molar-refractivity contribution in [2.45, 2.75) is 44.4 Å². The van der Waals surface area contributed by atoms with Crippen molar-refractivity contribution in [3.05, 3.63) is 101 Å². The number of H-pyrrole nitrogens is 1.